The van der Waals surface area contributed by atoms with Crippen LogP contribution in [0.3, 0.4) is 0 Å². The molecule has 9 heteroatoms. The van der Waals surface area contributed by atoms with Crippen molar-refractivity contribution in [3.8, 4) is 11.6 Å². The number of carbonyl (C=O) groups is 1. The van der Waals surface area contributed by atoms with Crippen LogP contribution in [0.1, 0.15) is 15.9 Å². The third-order valence-corrected chi connectivity index (χ3v) is 5.94. The molecule has 0 fully saturated rings. The Morgan fingerprint density at radius 3 is 2.69 bits per heavy atom. The van der Waals surface area contributed by atoms with Crippen molar-refractivity contribution in [2.75, 3.05) is 0 Å². The number of aromatic hydroxyl groups is 1. The summed E-state index contributed by atoms with van der Waals surface area (Å²) in [7, 11) is 1.71. The lowest BCUT2D eigenvalue weighted by molar-refractivity contribution is 0.0990. The van der Waals surface area contributed by atoms with Crippen LogP contribution in [0.5, 0.6) is 11.6 Å². The Hall–Kier alpha value is -2.87. The molecule has 0 aliphatic heterocycles. The smallest absolute Gasteiger partial charge is 0.299 e. The second-order valence-electron chi connectivity index (χ2n) is 6.92. The maximum atomic E-state index is 12.8. The Kier molecular flexibility index (Phi) is 6.50. The number of aromatic nitrogens is 1. The number of para-hydroxylation sites is 1. The predicted molar refractivity (Wildman–Crippen MR) is 128 cm³/mol. The Morgan fingerprint density at radius 1 is 1.12 bits per heavy atom. The minimum atomic E-state index is -0.603. The van der Waals surface area contributed by atoms with Crippen molar-refractivity contribution in [2.24, 2.45) is 17.3 Å². The van der Waals surface area contributed by atoms with Gasteiger partial charge in [-0.25, -0.2) is 0 Å². The molecule has 0 saturated heterocycles. The van der Waals surface area contributed by atoms with Gasteiger partial charge in [0.05, 0.1) is 11.1 Å². The van der Waals surface area contributed by atoms with Crippen LogP contribution in [-0.4, -0.2) is 15.6 Å². The molecule has 0 radical (unpaired) electrons. The average Bonchev–Trinajstić information content (AvgIpc) is 3.00. The molecular formula is C23H16BrCl2N3O3. The molecule has 1 heterocycles. The molecule has 6 nitrogen and oxygen atoms in total. The Labute approximate surface area is 202 Å². The highest BCUT2D eigenvalue weighted by Gasteiger charge is 2.17. The lowest BCUT2D eigenvalue weighted by Crippen LogP contribution is -2.02. The molecule has 1 amide bonds. The molecule has 0 unspecified atom stereocenters. The molecule has 3 aromatic carbocycles. The van der Waals surface area contributed by atoms with Gasteiger partial charge in [-0.1, -0.05) is 57.3 Å². The van der Waals surface area contributed by atoms with Crippen LogP contribution in [0, 0.1) is 0 Å². The van der Waals surface area contributed by atoms with Crippen LogP contribution in [0.4, 0.5) is 5.69 Å². The monoisotopic (exact) mass is 531 g/mol. The lowest BCUT2D eigenvalue weighted by Gasteiger charge is -2.10. The highest BCUT2D eigenvalue weighted by Crippen LogP contribution is 2.39. The van der Waals surface area contributed by atoms with E-state index in [1.54, 1.807) is 60.1 Å². The van der Waals surface area contributed by atoms with Crippen molar-refractivity contribution < 1.29 is 14.6 Å². The molecule has 1 aromatic heterocycles. The van der Waals surface area contributed by atoms with Crippen LogP contribution in [0.2, 0.25) is 10.0 Å². The number of fused-ring (bicyclic) bond motifs is 1. The highest BCUT2D eigenvalue weighted by atomic mass is 79.9. The Morgan fingerprint density at radius 2 is 1.91 bits per heavy atom. The summed E-state index contributed by atoms with van der Waals surface area (Å²) in [6.45, 7) is 0.148. The number of benzene rings is 3. The molecule has 0 bridgehead atoms. The number of hydrogen-bond donors (Lipinski definition) is 1. The van der Waals surface area contributed by atoms with Crippen LogP contribution in [0.15, 0.2) is 75.4 Å². The van der Waals surface area contributed by atoms with Crippen molar-refractivity contribution in [2.45, 2.75) is 6.61 Å². The number of aryl methyl sites for hydroxylation is 1. The third-order valence-electron chi connectivity index (χ3n) is 4.86. The van der Waals surface area contributed by atoms with E-state index in [2.05, 4.69) is 26.2 Å². The van der Waals surface area contributed by atoms with Gasteiger partial charge in [-0.05, 0) is 42.5 Å². The normalized spacial score (nSPS) is 11.4. The van der Waals surface area contributed by atoms with Gasteiger partial charge in [-0.15, -0.1) is 10.2 Å². The number of ether oxygens (including phenoxy) is 1. The molecule has 4 rings (SSSR count). The minimum absolute atomic E-state index is 0.0865. The fraction of sp³-hybridized carbons (Fsp3) is 0.0870. The van der Waals surface area contributed by atoms with Gasteiger partial charge in [0.2, 0.25) is 5.88 Å². The zero-order chi connectivity index (χ0) is 22.8. The number of amides is 1. The van der Waals surface area contributed by atoms with E-state index in [4.69, 9.17) is 27.9 Å². The topological polar surface area (TPSA) is 76.2 Å². The number of nitrogens with zero attached hydrogens (tertiary/aromatic N) is 3. The van der Waals surface area contributed by atoms with E-state index in [1.807, 2.05) is 12.1 Å². The standard InChI is InChI=1S/C23H16BrCl2N3O3/c1-29-19-9-7-14(24)10-17(19)21(23(29)31)27-28-22(30)16-4-2-3-5-20(16)32-12-13-6-8-15(25)11-18(13)26/h2-11,31H,12H2,1H3. The summed E-state index contributed by atoms with van der Waals surface area (Å²) >= 11 is 15.5. The van der Waals surface area contributed by atoms with Crippen LogP contribution in [0.25, 0.3) is 10.9 Å². The van der Waals surface area contributed by atoms with Crippen LogP contribution >= 0.6 is 39.1 Å². The van der Waals surface area contributed by atoms with Crippen molar-refractivity contribution in [3.63, 3.8) is 0 Å². The molecule has 0 saturated carbocycles. The van der Waals surface area contributed by atoms with E-state index in [0.29, 0.717) is 21.2 Å². The fourth-order valence-corrected chi connectivity index (χ4v) is 4.02. The van der Waals surface area contributed by atoms with E-state index in [-0.39, 0.29) is 23.7 Å². The van der Waals surface area contributed by atoms with E-state index >= 15 is 0 Å². The Bertz CT molecular complexity index is 1370. The van der Waals surface area contributed by atoms with Gasteiger partial charge in [0.25, 0.3) is 5.91 Å². The van der Waals surface area contributed by atoms with E-state index in [1.165, 1.54) is 0 Å². The SMILES string of the molecule is Cn1c(O)c(N=NC(=O)c2ccccc2OCc2ccc(Cl)cc2Cl)c2cc(Br)ccc21. The number of carbonyl (C=O) groups excluding carboxylic acids is 1. The van der Waals surface area contributed by atoms with Gasteiger partial charge in [0.15, 0.2) is 5.69 Å². The van der Waals surface area contributed by atoms with Gasteiger partial charge in [-0.2, -0.15) is 0 Å². The quantitative estimate of drug-likeness (QED) is 0.271. The molecule has 0 aliphatic rings. The van der Waals surface area contributed by atoms with Crippen LogP contribution in [-0.2, 0) is 13.7 Å². The van der Waals surface area contributed by atoms with Crippen molar-refractivity contribution in [1.29, 1.82) is 0 Å². The zero-order valence-electron chi connectivity index (χ0n) is 16.7. The van der Waals surface area contributed by atoms with Gasteiger partial charge >= 0.3 is 0 Å². The molecule has 1 N–H and O–H groups in total. The van der Waals surface area contributed by atoms with Crippen molar-refractivity contribution in [3.05, 3.63) is 86.3 Å². The number of hydrogen-bond acceptors (Lipinski definition) is 4. The minimum Gasteiger partial charge on any atom is -0.493 e. The third kappa shape index (κ3) is 4.50. The number of rotatable bonds is 5. The molecule has 4 aromatic rings. The van der Waals surface area contributed by atoms with Gasteiger partial charge in [0.1, 0.15) is 12.4 Å². The first-order chi connectivity index (χ1) is 15.3. The largest absolute Gasteiger partial charge is 0.493 e. The first-order valence-corrected chi connectivity index (χ1v) is 11.0. The zero-order valence-corrected chi connectivity index (χ0v) is 19.8. The van der Waals surface area contributed by atoms with Crippen molar-refractivity contribution in [1.82, 2.24) is 4.57 Å². The first kappa shape index (κ1) is 22.3. The highest BCUT2D eigenvalue weighted by molar-refractivity contribution is 9.10. The summed E-state index contributed by atoms with van der Waals surface area (Å²) < 4.78 is 8.22. The summed E-state index contributed by atoms with van der Waals surface area (Å²) in [5.41, 5.74) is 1.94. The summed E-state index contributed by atoms with van der Waals surface area (Å²) in [5.74, 6) is -0.349. The first-order valence-electron chi connectivity index (χ1n) is 9.44. The summed E-state index contributed by atoms with van der Waals surface area (Å²) in [6, 6.07) is 17.3. The van der Waals surface area contributed by atoms with E-state index in [9.17, 15) is 9.90 Å². The predicted octanol–water partition coefficient (Wildman–Crippen LogP) is 7.46. The molecule has 0 aliphatic carbocycles. The van der Waals surface area contributed by atoms with E-state index < -0.39 is 5.91 Å². The van der Waals surface area contributed by atoms with Crippen molar-refractivity contribution >= 4 is 61.6 Å². The second-order valence-corrected chi connectivity index (χ2v) is 8.68. The summed E-state index contributed by atoms with van der Waals surface area (Å²) in [4.78, 5) is 12.8. The Balaban J connectivity index is 1.60. The average molecular weight is 533 g/mol. The molecule has 0 spiro atoms. The summed E-state index contributed by atoms with van der Waals surface area (Å²) in [5, 5.41) is 20.0. The lowest BCUT2D eigenvalue weighted by atomic mass is 10.2. The molecular weight excluding hydrogens is 517 g/mol. The van der Waals surface area contributed by atoms with Gasteiger partial charge in [0, 0.05) is 32.5 Å². The maximum absolute atomic E-state index is 12.8. The summed E-state index contributed by atoms with van der Waals surface area (Å²) in [6.07, 6.45) is 0. The fourth-order valence-electron chi connectivity index (χ4n) is 3.20. The van der Waals surface area contributed by atoms with E-state index in [0.717, 1.165) is 15.6 Å². The number of halogens is 3. The maximum Gasteiger partial charge on any atom is 0.299 e. The van der Waals surface area contributed by atoms with Gasteiger partial charge in [-0.3, -0.25) is 4.79 Å². The molecule has 162 valence electrons. The van der Waals surface area contributed by atoms with Crippen LogP contribution < -0.4 is 4.74 Å². The molecule has 0 atom stereocenters. The number of azo groups is 1. The van der Waals surface area contributed by atoms with Gasteiger partial charge < -0.3 is 14.4 Å². The second kappa shape index (κ2) is 9.32. The molecule has 32 heavy (non-hydrogen) atoms.